The van der Waals surface area contributed by atoms with Crippen molar-refractivity contribution >= 4 is 52.2 Å². The number of hydrogen-bond acceptors (Lipinski definition) is 6. The molecule has 1 aliphatic rings. The van der Waals surface area contributed by atoms with E-state index in [1.54, 1.807) is 43.3 Å². The number of rotatable bonds is 9. The summed E-state index contributed by atoms with van der Waals surface area (Å²) in [7, 11) is 0. The van der Waals surface area contributed by atoms with Crippen molar-refractivity contribution in [1.29, 1.82) is 0 Å². The SMILES string of the molecule is CCOc1cc(/C=C2/SC(=O)N(CC(=O)Nc3ccc(F)c(Cl)c3)C2=O)ccc1OCc1ccccc1F. The van der Waals surface area contributed by atoms with Gasteiger partial charge < -0.3 is 14.8 Å². The number of carbonyl (C=O) groups excluding carboxylic acids is 3. The molecule has 4 rings (SSSR count). The average Bonchev–Trinajstić information content (AvgIpc) is 3.14. The third-order valence-electron chi connectivity index (χ3n) is 5.29. The molecule has 11 heteroatoms. The first-order chi connectivity index (χ1) is 18.2. The van der Waals surface area contributed by atoms with Crippen LogP contribution in [0.2, 0.25) is 5.02 Å². The van der Waals surface area contributed by atoms with E-state index in [2.05, 4.69) is 5.32 Å². The Morgan fingerprint density at radius 2 is 1.82 bits per heavy atom. The minimum absolute atomic E-state index is 0.00280. The minimum atomic E-state index is -0.647. The fraction of sp³-hybridized carbons (Fsp3) is 0.148. The maximum atomic E-state index is 13.9. The second-order valence-electron chi connectivity index (χ2n) is 7.96. The van der Waals surface area contributed by atoms with Gasteiger partial charge in [0.1, 0.15) is 24.8 Å². The number of nitrogens with zero attached hydrogens (tertiary/aromatic N) is 1. The number of nitrogens with one attached hydrogen (secondary N) is 1. The number of carbonyl (C=O) groups is 3. The Bertz CT molecular complexity index is 1430. The van der Waals surface area contributed by atoms with Crippen LogP contribution in [0.1, 0.15) is 18.1 Å². The second-order valence-corrected chi connectivity index (χ2v) is 9.36. The molecule has 1 N–H and O–H groups in total. The Hall–Kier alpha value is -3.89. The quantitative estimate of drug-likeness (QED) is 0.312. The second kappa shape index (κ2) is 12.1. The van der Waals surface area contributed by atoms with Crippen molar-refractivity contribution in [3.8, 4) is 11.5 Å². The van der Waals surface area contributed by atoms with Crippen LogP contribution < -0.4 is 14.8 Å². The van der Waals surface area contributed by atoms with Gasteiger partial charge in [0.2, 0.25) is 5.91 Å². The van der Waals surface area contributed by atoms with Crippen LogP contribution in [0.5, 0.6) is 11.5 Å². The van der Waals surface area contributed by atoms with E-state index in [9.17, 15) is 23.2 Å². The summed E-state index contributed by atoms with van der Waals surface area (Å²) in [6, 6.07) is 14.8. The van der Waals surface area contributed by atoms with Crippen LogP contribution in [0.15, 0.2) is 65.6 Å². The van der Waals surface area contributed by atoms with Gasteiger partial charge in [-0.15, -0.1) is 0 Å². The predicted molar refractivity (Wildman–Crippen MR) is 141 cm³/mol. The van der Waals surface area contributed by atoms with Crippen molar-refractivity contribution in [3.63, 3.8) is 0 Å². The molecule has 0 bridgehead atoms. The van der Waals surface area contributed by atoms with Crippen LogP contribution in [0, 0.1) is 11.6 Å². The maximum absolute atomic E-state index is 13.9. The molecular formula is C27H21ClF2N2O5S. The normalized spacial score (nSPS) is 14.2. The summed E-state index contributed by atoms with van der Waals surface area (Å²) in [6.07, 6.45) is 1.51. The zero-order valence-corrected chi connectivity index (χ0v) is 21.6. The number of hydrogen-bond donors (Lipinski definition) is 1. The molecule has 38 heavy (non-hydrogen) atoms. The Morgan fingerprint density at radius 3 is 2.55 bits per heavy atom. The number of imide groups is 1. The highest BCUT2D eigenvalue weighted by Crippen LogP contribution is 2.35. The molecule has 0 spiro atoms. The van der Waals surface area contributed by atoms with E-state index in [0.717, 1.165) is 11.0 Å². The first kappa shape index (κ1) is 27.2. The van der Waals surface area contributed by atoms with Crippen LogP contribution in [0.25, 0.3) is 6.08 Å². The van der Waals surface area contributed by atoms with Gasteiger partial charge in [0.05, 0.1) is 16.5 Å². The van der Waals surface area contributed by atoms with E-state index in [-0.39, 0.29) is 28.0 Å². The monoisotopic (exact) mass is 558 g/mol. The molecule has 3 aromatic carbocycles. The topological polar surface area (TPSA) is 84.9 Å². The van der Waals surface area contributed by atoms with Crippen LogP contribution in [-0.4, -0.2) is 35.1 Å². The van der Waals surface area contributed by atoms with Crippen molar-refractivity contribution in [2.24, 2.45) is 0 Å². The standard InChI is InChI=1S/C27H21ClF2N2O5S/c1-2-36-23-11-16(7-10-22(23)37-15-17-5-3-4-6-20(17)29)12-24-26(34)32(27(35)38-24)14-25(33)31-18-8-9-21(30)19(28)13-18/h3-13H,2,14-15H2,1H3,(H,31,33)/b24-12+. The molecule has 1 aliphatic heterocycles. The summed E-state index contributed by atoms with van der Waals surface area (Å²) in [5.41, 5.74) is 1.17. The number of ether oxygens (including phenoxy) is 2. The molecule has 0 radical (unpaired) electrons. The molecule has 0 unspecified atom stereocenters. The molecule has 1 heterocycles. The highest BCUT2D eigenvalue weighted by atomic mass is 35.5. The van der Waals surface area contributed by atoms with Crippen molar-refractivity contribution in [3.05, 3.63) is 93.4 Å². The third kappa shape index (κ3) is 6.51. The lowest BCUT2D eigenvalue weighted by Gasteiger charge is -2.13. The van der Waals surface area contributed by atoms with E-state index in [4.69, 9.17) is 21.1 Å². The van der Waals surface area contributed by atoms with Crippen LogP contribution >= 0.6 is 23.4 Å². The number of benzene rings is 3. The van der Waals surface area contributed by atoms with Crippen molar-refractivity contribution in [2.45, 2.75) is 13.5 Å². The van der Waals surface area contributed by atoms with Crippen LogP contribution in [-0.2, 0) is 16.2 Å². The molecule has 3 aromatic rings. The van der Waals surface area contributed by atoms with Crippen LogP contribution in [0.4, 0.5) is 19.3 Å². The smallest absolute Gasteiger partial charge is 0.294 e. The van der Waals surface area contributed by atoms with Gasteiger partial charge in [-0.25, -0.2) is 8.78 Å². The average molecular weight is 559 g/mol. The number of thioether (sulfide) groups is 1. The van der Waals surface area contributed by atoms with Gasteiger partial charge in [0, 0.05) is 11.3 Å². The molecule has 0 saturated carbocycles. The Balaban J connectivity index is 1.45. The first-order valence-electron chi connectivity index (χ1n) is 11.4. The fourth-order valence-corrected chi connectivity index (χ4v) is 4.50. The molecule has 1 saturated heterocycles. The lowest BCUT2D eigenvalue weighted by atomic mass is 10.1. The highest BCUT2D eigenvalue weighted by molar-refractivity contribution is 8.18. The molecule has 3 amide bonds. The molecule has 0 aromatic heterocycles. The highest BCUT2D eigenvalue weighted by Gasteiger charge is 2.36. The summed E-state index contributed by atoms with van der Waals surface area (Å²) < 4.78 is 38.6. The molecule has 7 nitrogen and oxygen atoms in total. The minimum Gasteiger partial charge on any atom is -0.490 e. The van der Waals surface area contributed by atoms with Crippen molar-refractivity contribution < 1.29 is 32.6 Å². The summed E-state index contributed by atoms with van der Waals surface area (Å²) >= 11 is 6.41. The maximum Gasteiger partial charge on any atom is 0.294 e. The molecule has 0 aliphatic carbocycles. The van der Waals surface area contributed by atoms with Gasteiger partial charge in [0.25, 0.3) is 11.1 Å². The first-order valence-corrected chi connectivity index (χ1v) is 12.6. The van der Waals surface area contributed by atoms with Gasteiger partial charge >= 0.3 is 0 Å². The summed E-state index contributed by atoms with van der Waals surface area (Å²) in [6.45, 7) is 1.61. The van der Waals surface area contributed by atoms with Crippen molar-refractivity contribution in [2.75, 3.05) is 18.5 Å². The lowest BCUT2D eigenvalue weighted by Crippen LogP contribution is -2.36. The number of amides is 3. The predicted octanol–water partition coefficient (Wildman–Crippen LogP) is 6.27. The Kier molecular flexibility index (Phi) is 8.65. The van der Waals surface area contributed by atoms with Gasteiger partial charge in [-0.3, -0.25) is 19.3 Å². The largest absolute Gasteiger partial charge is 0.490 e. The summed E-state index contributed by atoms with van der Waals surface area (Å²) in [5.74, 6) is -1.53. The van der Waals surface area contributed by atoms with E-state index < -0.39 is 29.4 Å². The summed E-state index contributed by atoms with van der Waals surface area (Å²) in [4.78, 5) is 38.6. The zero-order valence-electron chi connectivity index (χ0n) is 20.0. The van der Waals surface area contributed by atoms with E-state index in [1.807, 2.05) is 0 Å². The van der Waals surface area contributed by atoms with Gasteiger partial charge in [0.15, 0.2) is 11.5 Å². The molecular weight excluding hydrogens is 538 g/mol. The Labute approximate surface area is 226 Å². The van der Waals surface area contributed by atoms with Crippen molar-refractivity contribution in [1.82, 2.24) is 4.90 Å². The summed E-state index contributed by atoms with van der Waals surface area (Å²) in [5, 5.41) is 1.70. The molecule has 0 atom stereocenters. The van der Waals surface area contributed by atoms with E-state index in [1.165, 1.54) is 24.3 Å². The zero-order chi connectivity index (χ0) is 27.2. The van der Waals surface area contributed by atoms with Crippen LogP contribution in [0.3, 0.4) is 0 Å². The molecule has 1 fully saturated rings. The van der Waals surface area contributed by atoms with E-state index in [0.29, 0.717) is 41.0 Å². The van der Waals surface area contributed by atoms with Gasteiger partial charge in [-0.1, -0.05) is 35.9 Å². The third-order valence-corrected chi connectivity index (χ3v) is 6.48. The Morgan fingerprint density at radius 1 is 1.03 bits per heavy atom. The lowest BCUT2D eigenvalue weighted by molar-refractivity contribution is -0.127. The van der Waals surface area contributed by atoms with Gasteiger partial charge in [-0.05, 0) is 66.7 Å². The fourth-order valence-electron chi connectivity index (χ4n) is 3.48. The molecule has 196 valence electrons. The number of anilines is 1. The number of halogens is 3. The van der Waals surface area contributed by atoms with Gasteiger partial charge in [-0.2, -0.15) is 0 Å². The van der Waals surface area contributed by atoms with E-state index >= 15 is 0 Å².